The van der Waals surface area contributed by atoms with Crippen LogP contribution in [0.25, 0.3) is 21.6 Å². The van der Waals surface area contributed by atoms with E-state index in [1.165, 1.54) is 0 Å². The lowest BCUT2D eigenvalue weighted by Crippen LogP contribution is -2.17. The monoisotopic (exact) mass is 250 g/mol. The molecular weight excluding hydrogens is 240 g/mol. The van der Waals surface area contributed by atoms with Crippen molar-refractivity contribution in [1.29, 1.82) is 0 Å². The third kappa shape index (κ3) is 1.82. The van der Waals surface area contributed by atoms with Crippen LogP contribution in [0, 0.1) is 0 Å². The molecule has 0 saturated heterocycles. The zero-order valence-corrected chi connectivity index (χ0v) is 9.95. The Bertz CT molecular complexity index is 704. The molecule has 0 spiro atoms. The molecule has 5 nitrogen and oxygen atoms in total. The maximum atomic E-state index is 12.2. The largest absolute Gasteiger partial charge is 0.325 e. The van der Waals surface area contributed by atoms with Crippen molar-refractivity contribution < 1.29 is 4.79 Å². The lowest BCUT2D eigenvalue weighted by atomic mass is 9.96. The quantitative estimate of drug-likeness (QED) is 0.468. The number of azide groups is 1. The van der Waals surface area contributed by atoms with Gasteiger partial charge < -0.3 is 5.32 Å². The van der Waals surface area contributed by atoms with Crippen LogP contribution in [0.15, 0.2) is 53.6 Å². The first-order valence-electron chi connectivity index (χ1n) is 5.84. The van der Waals surface area contributed by atoms with Crippen molar-refractivity contribution in [3.05, 3.63) is 64.5 Å². The van der Waals surface area contributed by atoms with Crippen LogP contribution in [0.2, 0.25) is 0 Å². The van der Waals surface area contributed by atoms with Gasteiger partial charge in [-0.25, -0.2) is 0 Å². The van der Waals surface area contributed by atoms with Gasteiger partial charge in [0.05, 0.1) is 0 Å². The average Bonchev–Trinajstić information content (AvgIpc) is 2.56. The minimum absolute atomic E-state index is 0.310. The Hall–Kier alpha value is -2.78. The van der Waals surface area contributed by atoms with E-state index in [4.69, 9.17) is 5.53 Å². The first-order chi connectivity index (χ1) is 9.31. The Balaban J connectivity index is 2.31. The van der Waals surface area contributed by atoms with E-state index < -0.39 is 6.04 Å². The number of rotatable bonds is 1. The van der Waals surface area contributed by atoms with Gasteiger partial charge in [-0.2, -0.15) is 0 Å². The Morgan fingerprint density at radius 3 is 2.53 bits per heavy atom. The summed E-state index contributed by atoms with van der Waals surface area (Å²) in [6.45, 7) is 0. The van der Waals surface area contributed by atoms with Gasteiger partial charge in [0.1, 0.15) is 6.04 Å². The summed E-state index contributed by atoms with van der Waals surface area (Å²) in [6, 6.07) is 14.2. The molecule has 19 heavy (non-hydrogen) atoms. The van der Waals surface area contributed by atoms with E-state index in [0.29, 0.717) is 0 Å². The average molecular weight is 250 g/mol. The van der Waals surface area contributed by atoms with Crippen LogP contribution in [-0.2, 0) is 4.79 Å². The van der Waals surface area contributed by atoms with Crippen molar-refractivity contribution in [2.45, 2.75) is 6.04 Å². The van der Waals surface area contributed by atoms with Gasteiger partial charge >= 0.3 is 0 Å². The molecule has 1 unspecified atom stereocenters. The molecule has 2 aromatic rings. The minimum atomic E-state index is -0.839. The molecule has 1 heterocycles. The van der Waals surface area contributed by atoms with E-state index in [1.54, 1.807) is 0 Å². The molecule has 1 atom stereocenters. The Labute approximate surface area is 109 Å². The molecule has 5 heteroatoms. The number of nitrogens with one attached hydrogen (secondary N) is 1. The molecule has 0 bridgehead atoms. The van der Waals surface area contributed by atoms with Crippen LogP contribution in [0.3, 0.4) is 0 Å². The highest BCUT2D eigenvalue weighted by Gasteiger charge is 2.27. The van der Waals surface area contributed by atoms with Gasteiger partial charge in [-0.1, -0.05) is 47.6 Å². The maximum absolute atomic E-state index is 12.2. The number of nitrogens with zero attached hydrogens (tertiary/aromatic N) is 3. The van der Waals surface area contributed by atoms with Crippen molar-refractivity contribution in [3.63, 3.8) is 0 Å². The van der Waals surface area contributed by atoms with E-state index in [2.05, 4.69) is 15.3 Å². The standard InChI is InChI=1S/C14H10N4O/c15-18-17-13-11-7-2-1-5-9(11)10-6-3-4-8-12(10)16-14(13)19/h1-8,13H,(H,16,19). The van der Waals surface area contributed by atoms with Gasteiger partial charge in [0.15, 0.2) is 0 Å². The van der Waals surface area contributed by atoms with Crippen LogP contribution in [0.5, 0.6) is 0 Å². The normalized spacial score (nSPS) is 16.4. The fourth-order valence-electron chi connectivity index (χ4n) is 2.32. The van der Waals surface area contributed by atoms with E-state index in [0.717, 1.165) is 22.4 Å². The summed E-state index contributed by atoms with van der Waals surface area (Å²) in [5.74, 6) is -0.310. The summed E-state index contributed by atoms with van der Waals surface area (Å²) in [6.07, 6.45) is 0. The predicted molar refractivity (Wildman–Crippen MR) is 72.4 cm³/mol. The smallest absolute Gasteiger partial charge is 0.237 e. The number of fused-ring (bicyclic) bond motifs is 3. The van der Waals surface area contributed by atoms with Crippen molar-refractivity contribution in [1.82, 2.24) is 0 Å². The number of anilines is 1. The lowest BCUT2D eigenvalue weighted by molar-refractivity contribution is -0.117. The summed E-state index contributed by atoms with van der Waals surface area (Å²) in [5, 5.41) is 6.42. The first kappa shape index (κ1) is 11.3. The van der Waals surface area contributed by atoms with Gasteiger partial charge in [0.2, 0.25) is 5.91 Å². The molecule has 1 aliphatic rings. The van der Waals surface area contributed by atoms with Crippen molar-refractivity contribution in [3.8, 4) is 11.1 Å². The summed E-state index contributed by atoms with van der Waals surface area (Å²) in [7, 11) is 0. The molecule has 0 saturated carbocycles. The molecule has 3 rings (SSSR count). The number of amides is 1. The molecule has 1 amide bonds. The van der Waals surface area contributed by atoms with Crippen LogP contribution in [0.1, 0.15) is 11.6 Å². The van der Waals surface area contributed by atoms with Crippen molar-refractivity contribution in [2.75, 3.05) is 5.32 Å². The maximum Gasteiger partial charge on any atom is 0.237 e. The molecule has 1 N–H and O–H groups in total. The minimum Gasteiger partial charge on any atom is -0.325 e. The van der Waals surface area contributed by atoms with Gasteiger partial charge in [-0.05, 0) is 22.7 Å². The van der Waals surface area contributed by atoms with Gasteiger partial charge in [-0.3, -0.25) is 4.79 Å². The zero-order chi connectivity index (χ0) is 13.2. The van der Waals surface area contributed by atoms with Gasteiger partial charge in [0, 0.05) is 16.2 Å². The zero-order valence-electron chi connectivity index (χ0n) is 9.95. The van der Waals surface area contributed by atoms with E-state index in [1.807, 2.05) is 48.5 Å². The van der Waals surface area contributed by atoms with E-state index >= 15 is 0 Å². The lowest BCUT2D eigenvalue weighted by Gasteiger charge is -2.10. The fraction of sp³-hybridized carbons (Fsp3) is 0.0714. The number of hydrogen-bond donors (Lipinski definition) is 1. The van der Waals surface area contributed by atoms with Gasteiger partial charge in [-0.15, -0.1) is 0 Å². The molecule has 92 valence electrons. The summed E-state index contributed by atoms with van der Waals surface area (Å²) >= 11 is 0. The molecule has 2 aromatic carbocycles. The van der Waals surface area contributed by atoms with E-state index in [-0.39, 0.29) is 5.91 Å². The Morgan fingerprint density at radius 1 is 1.05 bits per heavy atom. The molecule has 0 radical (unpaired) electrons. The van der Waals surface area contributed by atoms with Crippen LogP contribution < -0.4 is 5.32 Å². The van der Waals surface area contributed by atoms with Crippen molar-refractivity contribution >= 4 is 11.6 Å². The number of hydrogen-bond acceptors (Lipinski definition) is 2. The molecule has 0 aromatic heterocycles. The second kappa shape index (κ2) is 4.48. The SMILES string of the molecule is [N-]=[N+]=NC1C(=O)Nc2ccccc2-c2ccccc21. The van der Waals surface area contributed by atoms with Crippen LogP contribution in [0.4, 0.5) is 5.69 Å². The predicted octanol–water partition coefficient (Wildman–Crippen LogP) is 3.66. The summed E-state index contributed by atoms with van der Waals surface area (Å²) < 4.78 is 0. The molecule has 0 fully saturated rings. The second-order valence-electron chi connectivity index (χ2n) is 4.23. The first-order valence-corrected chi connectivity index (χ1v) is 5.84. The Morgan fingerprint density at radius 2 is 1.74 bits per heavy atom. The topological polar surface area (TPSA) is 77.9 Å². The number of benzene rings is 2. The molecule has 1 aliphatic heterocycles. The Kier molecular flexibility index (Phi) is 2.67. The second-order valence-corrected chi connectivity index (χ2v) is 4.23. The van der Waals surface area contributed by atoms with Crippen LogP contribution >= 0.6 is 0 Å². The fourth-order valence-corrected chi connectivity index (χ4v) is 2.32. The number of carbonyl (C=O) groups is 1. The third-order valence-electron chi connectivity index (χ3n) is 3.15. The van der Waals surface area contributed by atoms with Gasteiger partial charge in [0.25, 0.3) is 0 Å². The third-order valence-corrected chi connectivity index (χ3v) is 3.15. The molecular formula is C14H10N4O. The highest BCUT2D eigenvalue weighted by atomic mass is 16.2. The highest BCUT2D eigenvalue weighted by Crippen LogP contribution is 2.38. The van der Waals surface area contributed by atoms with E-state index in [9.17, 15) is 4.79 Å². The van der Waals surface area contributed by atoms with Crippen LogP contribution in [-0.4, -0.2) is 5.91 Å². The number of para-hydroxylation sites is 1. The summed E-state index contributed by atoms with van der Waals surface area (Å²) in [4.78, 5) is 14.9. The summed E-state index contributed by atoms with van der Waals surface area (Å²) in [5.41, 5.74) is 11.9. The highest BCUT2D eigenvalue weighted by molar-refractivity contribution is 6.03. The number of carbonyl (C=O) groups excluding carboxylic acids is 1. The van der Waals surface area contributed by atoms with Crippen molar-refractivity contribution in [2.24, 2.45) is 5.11 Å². The molecule has 0 aliphatic carbocycles.